The van der Waals surface area contributed by atoms with E-state index in [4.69, 9.17) is 4.74 Å². The van der Waals surface area contributed by atoms with Crippen molar-refractivity contribution in [2.75, 3.05) is 6.61 Å². The van der Waals surface area contributed by atoms with Crippen molar-refractivity contribution in [3.8, 4) is 0 Å². The minimum Gasteiger partial charge on any atom is -0.462 e. The first-order valence-electron chi connectivity index (χ1n) is 6.59. The Labute approximate surface area is 114 Å². The van der Waals surface area contributed by atoms with E-state index in [-0.39, 0.29) is 5.97 Å². The lowest BCUT2D eigenvalue weighted by molar-refractivity contribution is 0.0510. The Morgan fingerprint density at radius 1 is 1.05 bits per heavy atom. The molecule has 1 aromatic carbocycles. The number of hydrogen-bond acceptors (Lipinski definition) is 2. The molecule has 0 atom stereocenters. The van der Waals surface area contributed by atoms with E-state index >= 15 is 0 Å². The molecule has 2 nitrogen and oxygen atoms in total. The van der Waals surface area contributed by atoms with Crippen LogP contribution in [-0.2, 0) is 4.74 Å². The Hall–Kier alpha value is -2.09. The van der Waals surface area contributed by atoms with Gasteiger partial charge in [0.15, 0.2) is 0 Å². The molecule has 0 radical (unpaired) electrons. The summed E-state index contributed by atoms with van der Waals surface area (Å²) in [4.78, 5) is 11.7. The second-order valence-corrected chi connectivity index (χ2v) is 4.38. The molecule has 0 fully saturated rings. The van der Waals surface area contributed by atoms with Gasteiger partial charge in [0.25, 0.3) is 0 Å². The van der Waals surface area contributed by atoms with Crippen molar-refractivity contribution in [1.29, 1.82) is 0 Å². The van der Waals surface area contributed by atoms with Gasteiger partial charge in [-0.25, -0.2) is 4.79 Å². The average molecular weight is 254 g/mol. The summed E-state index contributed by atoms with van der Waals surface area (Å²) >= 11 is 0. The summed E-state index contributed by atoms with van der Waals surface area (Å²) in [6.45, 7) is 0.424. The third kappa shape index (κ3) is 4.59. The van der Waals surface area contributed by atoms with Crippen molar-refractivity contribution in [2.24, 2.45) is 0 Å². The summed E-state index contributed by atoms with van der Waals surface area (Å²) in [5, 5.41) is 0. The molecule has 0 amide bonds. The van der Waals surface area contributed by atoms with Crippen molar-refractivity contribution in [1.82, 2.24) is 0 Å². The molecular formula is C17H18O2. The van der Waals surface area contributed by atoms with E-state index < -0.39 is 0 Å². The van der Waals surface area contributed by atoms with Crippen LogP contribution in [0, 0.1) is 0 Å². The maximum absolute atomic E-state index is 11.7. The van der Waals surface area contributed by atoms with Gasteiger partial charge in [0.2, 0.25) is 0 Å². The predicted molar refractivity (Wildman–Crippen MR) is 76.9 cm³/mol. The maximum Gasteiger partial charge on any atom is 0.338 e. The molecule has 2 heteroatoms. The number of esters is 1. The first kappa shape index (κ1) is 13.3. The summed E-state index contributed by atoms with van der Waals surface area (Å²) < 4.78 is 5.27. The highest BCUT2D eigenvalue weighted by atomic mass is 16.5. The Kier molecular flexibility index (Phi) is 5.17. The summed E-state index contributed by atoms with van der Waals surface area (Å²) in [6.07, 6.45) is 13.4. The molecule has 0 saturated carbocycles. The van der Waals surface area contributed by atoms with Gasteiger partial charge in [-0.1, -0.05) is 48.6 Å². The zero-order valence-electron chi connectivity index (χ0n) is 10.9. The molecule has 98 valence electrons. The van der Waals surface area contributed by atoms with Crippen LogP contribution >= 0.6 is 0 Å². The van der Waals surface area contributed by atoms with E-state index in [9.17, 15) is 4.79 Å². The van der Waals surface area contributed by atoms with Gasteiger partial charge < -0.3 is 4.74 Å². The summed E-state index contributed by atoms with van der Waals surface area (Å²) in [6, 6.07) is 9.09. The van der Waals surface area contributed by atoms with Crippen LogP contribution in [0.3, 0.4) is 0 Å². The van der Waals surface area contributed by atoms with Crippen LogP contribution in [0.2, 0.25) is 0 Å². The smallest absolute Gasteiger partial charge is 0.338 e. The molecule has 1 aliphatic rings. The number of benzene rings is 1. The van der Waals surface area contributed by atoms with Crippen molar-refractivity contribution in [3.63, 3.8) is 0 Å². The molecule has 0 aromatic heterocycles. The zero-order valence-corrected chi connectivity index (χ0v) is 10.9. The summed E-state index contributed by atoms with van der Waals surface area (Å²) in [5.74, 6) is -0.254. The highest BCUT2D eigenvalue weighted by Gasteiger charge is 2.05. The fraction of sp³-hybridized carbons (Fsp3) is 0.235. The van der Waals surface area contributed by atoms with Gasteiger partial charge in [-0.3, -0.25) is 0 Å². The quantitative estimate of drug-likeness (QED) is 0.598. The first-order valence-corrected chi connectivity index (χ1v) is 6.59. The van der Waals surface area contributed by atoms with Crippen LogP contribution in [-0.4, -0.2) is 12.6 Å². The lowest BCUT2D eigenvalue weighted by Crippen LogP contribution is -2.06. The zero-order chi connectivity index (χ0) is 13.3. The summed E-state index contributed by atoms with van der Waals surface area (Å²) in [5.41, 5.74) is 1.83. The molecule has 0 heterocycles. The predicted octanol–water partition coefficient (Wildman–Crippen LogP) is 4.07. The third-order valence-electron chi connectivity index (χ3n) is 2.92. The van der Waals surface area contributed by atoms with Gasteiger partial charge in [-0.15, -0.1) is 0 Å². The van der Waals surface area contributed by atoms with Gasteiger partial charge in [0.1, 0.15) is 0 Å². The van der Waals surface area contributed by atoms with Crippen molar-refractivity contribution < 1.29 is 9.53 Å². The summed E-state index contributed by atoms with van der Waals surface area (Å²) in [7, 11) is 0. The standard InChI is InChI=1S/C17H18O2/c18-17(16-11-7-4-8-12-16)19-14-13-15-9-5-2-1-3-6-10-15/h1-2,4,6-12H,3,5,13-14H2/b2-1?,10-6?,15-9+. The van der Waals surface area contributed by atoms with Crippen LogP contribution in [0.1, 0.15) is 29.6 Å². The van der Waals surface area contributed by atoms with E-state index in [2.05, 4.69) is 30.4 Å². The highest BCUT2D eigenvalue weighted by Crippen LogP contribution is 2.10. The number of rotatable bonds is 4. The van der Waals surface area contributed by atoms with Gasteiger partial charge in [-0.05, 0) is 30.5 Å². The Balaban J connectivity index is 1.80. The molecular weight excluding hydrogens is 236 g/mol. The molecule has 1 aromatic rings. The fourth-order valence-electron chi connectivity index (χ4n) is 1.88. The monoisotopic (exact) mass is 254 g/mol. The van der Waals surface area contributed by atoms with E-state index in [0.717, 1.165) is 19.3 Å². The fourth-order valence-corrected chi connectivity index (χ4v) is 1.88. The van der Waals surface area contributed by atoms with E-state index in [1.54, 1.807) is 12.1 Å². The number of carbonyl (C=O) groups excluding carboxylic acids is 1. The van der Waals surface area contributed by atoms with Gasteiger partial charge in [-0.2, -0.15) is 0 Å². The first-order chi connectivity index (χ1) is 9.36. The SMILES string of the molecule is O=C(OCC/C1=C/CC=CCC=C1)c1ccccc1. The van der Waals surface area contributed by atoms with Crippen LogP contribution in [0.25, 0.3) is 0 Å². The number of carbonyl (C=O) groups is 1. The number of ether oxygens (including phenoxy) is 1. The van der Waals surface area contributed by atoms with Crippen molar-refractivity contribution in [3.05, 3.63) is 71.8 Å². The van der Waals surface area contributed by atoms with Crippen LogP contribution < -0.4 is 0 Å². The maximum atomic E-state index is 11.7. The topological polar surface area (TPSA) is 26.3 Å². The average Bonchev–Trinajstić information content (AvgIpc) is 2.42. The second kappa shape index (κ2) is 7.37. The lowest BCUT2D eigenvalue weighted by Gasteiger charge is -2.06. The Bertz CT molecular complexity index is 495. The molecule has 0 unspecified atom stereocenters. The molecule has 0 spiro atoms. The molecule has 0 N–H and O–H groups in total. The van der Waals surface area contributed by atoms with Gasteiger partial charge in [0, 0.05) is 6.42 Å². The van der Waals surface area contributed by atoms with E-state index in [1.165, 1.54) is 5.57 Å². The minimum absolute atomic E-state index is 0.254. The second-order valence-electron chi connectivity index (χ2n) is 4.38. The number of allylic oxidation sites excluding steroid dienone is 5. The largest absolute Gasteiger partial charge is 0.462 e. The van der Waals surface area contributed by atoms with Crippen LogP contribution in [0.15, 0.2) is 66.3 Å². The van der Waals surface area contributed by atoms with Crippen LogP contribution in [0.5, 0.6) is 0 Å². The minimum atomic E-state index is -0.254. The van der Waals surface area contributed by atoms with E-state index in [0.29, 0.717) is 12.2 Å². The van der Waals surface area contributed by atoms with Gasteiger partial charge in [0.05, 0.1) is 12.2 Å². The van der Waals surface area contributed by atoms with Crippen molar-refractivity contribution in [2.45, 2.75) is 19.3 Å². The molecule has 19 heavy (non-hydrogen) atoms. The van der Waals surface area contributed by atoms with Gasteiger partial charge >= 0.3 is 5.97 Å². The molecule has 0 saturated heterocycles. The van der Waals surface area contributed by atoms with Crippen molar-refractivity contribution >= 4 is 5.97 Å². The third-order valence-corrected chi connectivity index (χ3v) is 2.92. The number of hydrogen-bond donors (Lipinski definition) is 0. The van der Waals surface area contributed by atoms with Crippen LogP contribution in [0.4, 0.5) is 0 Å². The normalized spacial score (nSPS) is 17.2. The molecule has 0 bridgehead atoms. The molecule has 0 aliphatic heterocycles. The Morgan fingerprint density at radius 3 is 2.68 bits per heavy atom. The van der Waals surface area contributed by atoms with E-state index in [1.807, 2.05) is 18.2 Å². The molecule has 2 rings (SSSR count). The Morgan fingerprint density at radius 2 is 1.84 bits per heavy atom. The lowest BCUT2D eigenvalue weighted by atomic mass is 10.1. The highest BCUT2D eigenvalue weighted by molar-refractivity contribution is 5.89. The molecule has 1 aliphatic carbocycles.